The summed E-state index contributed by atoms with van der Waals surface area (Å²) < 4.78 is 37.5. The number of anilines is 1. The smallest absolute Gasteiger partial charge is 0.347 e. The second kappa shape index (κ2) is 7.27. The summed E-state index contributed by atoms with van der Waals surface area (Å²) in [6, 6.07) is 13.0. The topological polar surface area (TPSA) is 90.0 Å². The highest BCUT2D eigenvalue weighted by molar-refractivity contribution is 7.92. The Morgan fingerprint density at radius 3 is 2.57 bits per heavy atom. The van der Waals surface area contributed by atoms with Gasteiger partial charge < -0.3 is 9.47 Å². The summed E-state index contributed by atoms with van der Waals surface area (Å²) in [5.41, 5.74) is 1.87. The molecular weight excluding hydrogens is 382 g/mol. The van der Waals surface area contributed by atoms with Crippen molar-refractivity contribution in [2.75, 3.05) is 17.5 Å². The Hall–Kier alpha value is -2.87. The molecule has 0 N–H and O–H groups in total. The van der Waals surface area contributed by atoms with Gasteiger partial charge in [-0.1, -0.05) is 18.2 Å². The number of carbonyl (C=O) groups excluding carboxylic acids is 2. The highest BCUT2D eigenvalue weighted by atomic mass is 32.2. The maximum atomic E-state index is 13.1. The Morgan fingerprint density at radius 1 is 1.11 bits per heavy atom. The van der Waals surface area contributed by atoms with Crippen LogP contribution in [0.3, 0.4) is 0 Å². The van der Waals surface area contributed by atoms with Crippen molar-refractivity contribution in [3.63, 3.8) is 0 Å². The number of hydrogen-bond donors (Lipinski definition) is 0. The normalized spacial score (nSPS) is 19.1. The number of ether oxygens (including phenoxy) is 2. The summed E-state index contributed by atoms with van der Waals surface area (Å²) >= 11 is 0. The molecule has 1 saturated heterocycles. The van der Waals surface area contributed by atoms with Gasteiger partial charge in [0.2, 0.25) is 6.10 Å². The zero-order valence-electron chi connectivity index (χ0n) is 15.0. The molecule has 2 aromatic rings. The van der Waals surface area contributed by atoms with E-state index in [2.05, 4.69) is 0 Å². The minimum Gasteiger partial charge on any atom is -0.463 e. The molecule has 0 saturated carbocycles. The monoisotopic (exact) mass is 401 g/mol. The van der Waals surface area contributed by atoms with E-state index in [1.165, 1.54) is 28.6 Å². The first kappa shape index (κ1) is 18.5. The van der Waals surface area contributed by atoms with Crippen molar-refractivity contribution in [1.82, 2.24) is 0 Å². The molecule has 2 aromatic carbocycles. The molecule has 146 valence electrons. The molecule has 0 bridgehead atoms. The third kappa shape index (κ3) is 3.35. The maximum absolute atomic E-state index is 13.1. The van der Waals surface area contributed by atoms with Gasteiger partial charge in [0.05, 0.1) is 22.8 Å². The third-order valence-corrected chi connectivity index (χ3v) is 6.71. The molecule has 0 radical (unpaired) electrons. The molecule has 0 amide bonds. The lowest BCUT2D eigenvalue weighted by atomic mass is 10.0. The highest BCUT2D eigenvalue weighted by Crippen LogP contribution is 2.31. The summed E-state index contributed by atoms with van der Waals surface area (Å²) in [5.74, 6) is -1.24. The Balaban J connectivity index is 1.55. The molecule has 1 fully saturated rings. The highest BCUT2D eigenvalue weighted by Gasteiger charge is 2.31. The van der Waals surface area contributed by atoms with Crippen LogP contribution in [0.4, 0.5) is 5.69 Å². The second-order valence-corrected chi connectivity index (χ2v) is 8.55. The van der Waals surface area contributed by atoms with E-state index in [1.807, 2.05) is 18.2 Å². The Kier molecular flexibility index (Phi) is 4.80. The molecule has 0 spiro atoms. The van der Waals surface area contributed by atoms with E-state index in [1.54, 1.807) is 6.07 Å². The van der Waals surface area contributed by atoms with Crippen LogP contribution in [0.5, 0.6) is 0 Å². The Bertz CT molecular complexity index is 1020. The van der Waals surface area contributed by atoms with Crippen molar-refractivity contribution < 1.29 is 27.5 Å². The number of benzene rings is 2. The second-order valence-electron chi connectivity index (χ2n) is 6.68. The lowest BCUT2D eigenvalue weighted by molar-refractivity contribution is -0.145. The van der Waals surface area contributed by atoms with E-state index in [-0.39, 0.29) is 17.1 Å². The van der Waals surface area contributed by atoms with Crippen LogP contribution in [-0.4, -0.2) is 39.6 Å². The van der Waals surface area contributed by atoms with Crippen molar-refractivity contribution in [2.24, 2.45) is 0 Å². The quantitative estimate of drug-likeness (QED) is 0.731. The number of cyclic esters (lactones) is 1. The SMILES string of the molecule is O=C(O[C@@H]1CCOC1=O)c1ccc(S(=O)(=O)N2CCCc3ccccc32)cc1. The Labute approximate surface area is 162 Å². The number of nitrogens with zero attached hydrogens (tertiary/aromatic N) is 1. The Morgan fingerprint density at radius 2 is 1.86 bits per heavy atom. The fraction of sp³-hybridized carbons (Fsp3) is 0.300. The number of esters is 2. The summed E-state index contributed by atoms with van der Waals surface area (Å²) in [4.78, 5) is 23.7. The summed E-state index contributed by atoms with van der Waals surface area (Å²) in [6.45, 7) is 0.637. The lowest BCUT2D eigenvalue weighted by Gasteiger charge is -2.30. The van der Waals surface area contributed by atoms with Gasteiger partial charge in [-0.25, -0.2) is 18.0 Å². The van der Waals surface area contributed by atoms with Crippen LogP contribution in [0, 0.1) is 0 Å². The van der Waals surface area contributed by atoms with Crippen molar-refractivity contribution in [3.8, 4) is 0 Å². The minimum absolute atomic E-state index is 0.0982. The van der Waals surface area contributed by atoms with Crippen molar-refractivity contribution in [1.29, 1.82) is 0 Å². The molecule has 2 aliphatic heterocycles. The fourth-order valence-corrected chi connectivity index (χ4v) is 4.96. The van der Waals surface area contributed by atoms with Crippen LogP contribution in [0.15, 0.2) is 53.4 Å². The predicted molar refractivity (Wildman–Crippen MR) is 101 cm³/mol. The van der Waals surface area contributed by atoms with E-state index in [4.69, 9.17) is 9.47 Å². The molecule has 4 rings (SSSR count). The van der Waals surface area contributed by atoms with E-state index in [0.29, 0.717) is 18.7 Å². The van der Waals surface area contributed by atoms with E-state index in [9.17, 15) is 18.0 Å². The van der Waals surface area contributed by atoms with E-state index < -0.39 is 28.1 Å². The zero-order valence-corrected chi connectivity index (χ0v) is 15.9. The van der Waals surface area contributed by atoms with Gasteiger partial charge in [-0.15, -0.1) is 0 Å². The number of carbonyl (C=O) groups is 2. The third-order valence-electron chi connectivity index (χ3n) is 4.88. The number of rotatable bonds is 4. The van der Waals surface area contributed by atoms with Gasteiger partial charge in [0, 0.05) is 13.0 Å². The first-order valence-electron chi connectivity index (χ1n) is 9.05. The molecule has 1 atom stereocenters. The van der Waals surface area contributed by atoms with Gasteiger partial charge in [0.15, 0.2) is 0 Å². The minimum atomic E-state index is -3.74. The lowest BCUT2D eigenvalue weighted by Crippen LogP contribution is -2.35. The standard InChI is InChI=1S/C20H19NO6S/c22-19(27-18-11-13-26-20(18)23)15-7-9-16(10-8-15)28(24,25)21-12-3-5-14-4-1-2-6-17(14)21/h1-2,4,6-10,18H,3,5,11-13H2/t18-/m1/s1. The predicted octanol–water partition coefficient (Wildman–Crippen LogP) is 2.30. The van der Waals surface area contributed by atoms with Gasteiger partial charge in [0.1, 0.15) is 0 Å². The first-order valence-corrected chi connectivity index (χ1v) is 10.5. The molecule has 8 heteroatoms. The molecule has 0 aromatic heterocycles. The molecule has 0 aliphatic carbocycles. The van der Waals surface area contributed by atoms with Crippen molar-refractivity contribution in [3.05, 3.63) is 59.7 Å². The van der Waals surface area contributed by atoms with E-state index >= 15 is 0 Å². The largest absolute Gasteiger partial charge is 0.463 e. The van der Waals surface area contributed by atoms with Gasteiger partial charge in [-0.3, -0.25) is 4.31 Å². The van der Waals surface area contributed by atoms with E-state index in [0.717, 1.165) is 18.4 Å². The van der Waals surface area contributed by atoms with Crippen LogP contribution >= 0.6 is 0 Å². The molecular formula is C20H19NO6S. The fourth-order valence-electron chi connectivity index (χ4n) is 3.42. The summed E-state index contributed by atoms with van der Waals surface area (Å²) in [7, 11) is -3.74. The number of hydrogen-bond acceptors (Lipinski definition) is 6. The van der Waals surface area contributed by atoms with Gasteiger partial charge >= 0.3 is 11.9 Å². The average Bonchev–Trinajstić information content (AvgIpc) is 3.12. The maximum Gasteiger partial charge on any atom is 0.347 e. The summed E-state index contributed by atoms with van der Waals surface area (Å²) in [5, 5.41) is 0. The van der Waals surface area contributed by atoms with Crippen LogP contribution in [-0.2, 0) is 30.7 Å². The molecule has 28 heavy (non-hydrogen) atoms. The number of para-hydroxylation sites is 1. The van der Waals surface area contributed by atoms with Crippen LogP contribution < -0.4 is 4.31 Å². The number of sulfonamides is 1. The van der Waals surface area contributed by atoms with Crippen molar-refractivity contribution in [2.45, 2.75) is 30.3 Å². The van der Waals surface area contributed by atoms with Gasteiger partial charge in [-0.05, 0) is 48.7 Å². The van der Waals surface area contributed by atoms with Crippen LogP contribution in [0.2, 0.25) is 0 Å². The van der Waals surface area contributed by atoms with Crippen molar-refractivity contribution >= 4 is 27.6 Å². The average molecular weight is 401 g/mol. The molecule has 2 heterocycles. The zero-order chi connectivity index (χ0) is 19.7. The number of fused-ring (bicyclic) bond motifs is 1. The molecule has 2 aliphatic rings. The number of aryl methyl sites for hydroxylation is 1. The first-order chi connectivity index (χ1) is 13.5. The van der Waals surface area contributed by atoms with Gasteiger partial charge in [0.25, 0.3) is 10.0 Å². The van der Waals surface area contributed by atoms with Gasteiger partial charge in [-0.2, -0.15) is 0 Å². The van der Waals surface area contributed by atoms with Crippen LogP contribution in [0.25, 0.3) is 0 Å². The van der Waals surface area contributed by atoms with Crippen LogP contribution in [0.1, 0.15) is 28.8 Å². The molecule has 7 nitrogen and oxygen atoms in total. The summed E-state index contributed by atoms with van der Waals surface area (Å²) in [6.07, 6.45) is 1.01. The molecule has 0 unspecified atom stereocenters.